The number of hydrogen-bond acceptors (Lipinski definition) is 4. The minimum Gasteiger partial charge on any atom is -0.396 e. The van der Waals surface area contributed by atoms with Crippen molar-refractivity contribution in [3.05, 3.63) is 92.1 Å². The van der Waals surface area contributed by atoms with Crippen LogP contribution in [0.5, 0.6) is 0 Å². The van der Waals surface area contributed by atoms with Crippen molar-refractivity contribution in [2.24, 2.45) is 0 Å². The number of rotatable bonds is 7. The van der Waals surface area contributed by atoms with Gasteiger partial charge in [-0.25, -0.2) is 8.91 Å². The molecule has 0 aliphatic heterocycles. The third-order valence-corrected chi connectivity index (χ3v) is 6.35. The van der Waals surface area contributed by atoms with Crippen LogP contribution in [0, 0.1) is 12.7 Å². The van der Waals surface area contributed by atoms with E-state index in [1.165, 1.54) is 16.6 Å². The van der Waals surface area contributed by atoms with Gasteiger partial charge >= 0.3 is 0 Å². The quantitative estimate of drug-likeness (QED) is 0.343. The summed E-state index contributed by atoms with van der Waals surface area (Å²) < 4.78 is 14.8. The topological polar surface area (TPSA) is 99.5 Å². The van der Waals surface area contributed by atoms with Crippen molar-refractivity contribution in [3.63, 3.8) is 0 Å². The fraction of sp³-hybridized carbons (Fsp3) is 0.269. The van der Waals surface area contributed by atoms with Crippen LogP contribution in [-0.2, 0) is 0 Å². The minimum atomic E-state index is -0.532. The molecule has 4 aromatic rings. The van der Waals surface area contributed by atoms with Crippen molar-refractivity contribution in [2.75, 3.05) is 6.61 Å². The van der Waals surface area contributed by atoms with E-state index in [9.17, 15) is 19.1 Å². The van der Waals surface area contributed by atoms with Gasteiger partial charge in [0.25, 0.3) is 11.5 Å². The predicted molar refractivity (Wildman–Crippen MR) is 133 cm³/mol. The maximum atomic E-state index is 13.4. The second-order valence-electron chi connectivity index (χ2n) is 8.76. The first-order valence-electron chi connectivity index (χ1n) is 11.3. The summed E-state index contributed by atoms with van der Waals surface area (Å²) in [6, 6.07) is 10.6. The second kappa shape index (κ2) is 10.0. The Hall–Kier alpha value is -3.49. The lowest BCUT2D eigenvalue weighted by atomic mass is 9.98. The van der Waals surface area contributed by atoms with Gasteiger partial charge in [0.2, 0.25) is 0 Å². The zero-order valence-electron chi connectivity index (χ0n) is 19.6. The van der Waals surface area contributed by atoms with Gasteiger partial charge in [-0.2, -0.15) is 0 Å². The molecule has 3 N–H and O–H groups in total. The number of benzene rings is 2. The number of halogens is 2. The average molecular weight is 497 g/mol. The maximum absolute atomic E-state index is 13.4. The van der Waals surface area contributed by atoms with Gasteiger partial charge in [-0.3, -0.25) is 9.59 Å². The molecular formula is C26H26ClFN4O3. The number of fused-ring (bicyclic) bond motifs is 1. The van der Waals surface area contributed by atoms with Gasteiger partial charge in [0, 0.05) is 29.0 Å². The Morgan fingerprint density at radius 3 is 2.57 bits per heavy atom. The summed E-state index contributed by atoms with van der Waals surface area (Å²) in [6.07, 6.45) is 1.79. The number of hydrogen-bond donors (Lipinski definition) is 3. The monoisotopic (exact) mass is 496 g/mol. The Labute approximate surface area is 206 Å². The van der Waals surface area contributed by atoms with Crippen LogP contribution < -0.4 is 10.9 Å². The van der Waals surface area contributed by atoms with E-state index in [0.717, 1.165) is 5.56 Å². The van der Waals surface area contributed by atoms with Crippen molar-refractivity contribution in [3.8, 4) is 11.4 Å². The largest absolute Gasteiger partial charge is 0.396 e. The molecule has 7 nitrogen and oxygen atoms in total. The molecule has 35 heavy (non-hydrogen) atoms. The summed E-state index contributed by atoms with van der Waals surface area (Å²) >= 11 is 6.13. The zero-order chi connectivity index (χ0) is 25.3. The number of aryl methyl sites for hydroxylation is 1. The Morgan fingerprint density at radius 1 is 1.23 bits per heavy atom. The lowest BCUT2D eigenvalue weighted by Gasteiger charge is -2.19. The van der Waals surface area contributed by atoms with Crippen molar-refractivity contribution in [1.29, 1.82) is 0 Å². The third kappa shape index (κ3) is 4.99. The van der Waals surface area contributed by atoms with Gasteiger partial charge in [-0.15, -0.1) is 5.10 Å². The van der Waals surface area contributed by atoms with Crippen molar-refractivity contribution in [1.82, 2.24) is 19.9 Å². The smallest absolute Gasteiger partial charge is 0.275 e. The predicted octanol–water partition coefficient (Wildman–Crippen LogP) is 4.77. The van der Waals surface area contributed by atoms with Crippen LogP contribution >= 0.6 is 11.6 Å². The highest BCUT2D eigenvalue weighted by Crippen LogP contribution is 2.27. The molecule has 0 bridgehead atoms. The first kappa shape index (κ1) is 24.6. The number of carbonyl (C=O) groups is 1. The number of amides is 1. The molecule has 0 unspecified atom stereocenters. The van der Waals surface area contributed by atoms with Crippen molar-refractivity contribution in [2.45, 2.75) is 39.2 Å². The van der Waals surface area contributed by atoms with E-state index < -0.39 is 11.9 Å². The van der Waals surface area contributed by atoms with E-state index in [1.54, 1.807) is 30.5 Å². The Morgan fingerprint density at radius 2 is 1.94 bits per heavy atom. The van der Waals surface area contributed by atoms with Crippen LogP contribution in [0.1, 0.15) is 59.3 Å². The summed E-state index contributed by atoms with van der Waals surface area (Å²) in [5, 5.41) is 17.6. The summed E-state index contributed by atoms with van der Waals surface area (Å²) in [4.78, 5) is 29.3. The molecule has 2 aromatic heterocycles. The Balaban J connectivity index is 1.77. The molecule has 0 saturated carbocycles. The zero-order valence-corrected chi connectivity index (χ0v) is 20.4. The van der Waals surface area contributed by atoms with E-state index >= 15 is 0 Å². The molecular weight excluding hydrogens is 471 g/mol. The number of aliphatic hydroxyl groups excluding tert-OH is 1. The molecule has 182 valence electrons. The lowest BCUT2D eigenvalue weighted by molar-refractivity contribution is 0.0929. The first-order chi connectivity index (χ1) is 16.7. The van der Waals surface area contributed by atoms with E-state index in [-0.39, 0.29) is 30.3 Å². The van der Waals surface area contributed by atoms with Gasteiger partial charge in [-0.1, -0.05) is 37.6 Å². The highest BCUT2D eigenvalue weighted by molar-refractivity contribution is 6.31. The first-order valence-corrected chi connectivity index (χ1v) is 11.7. The van der Waals surface area contributed by atoms with Crippen LogP contribution in [0.3, 0.4) is 0 Å². The summed E-state index contributed by atoms with van der Waals surface area (Å²) in [5.41, 5.74) is 3.01. The number of aromatic amines is 1. The van der Waals surface area contributed by atoms with E-state index in [2.05, 4.69) is 15.4 Å². The van der Waals surface area contributed by atoms with Crippen LogP contribution in [-0.4, -0.2) is 32.2 Å². The molecule has 1 atom stereocenters. The molecule has 0 aliphatic rings. The molecule has 9 heteroatoms. The fourth-order valence-electron chi connectivity index (χ4n) is 4.18. The SMILES string of the molecule is Cc1cc(-c2nn3cc(C(=O)N[C@H](CCO)c4ccc(F)cc4)c(C(C)C)c3c(=O)[nH]2)ccc1Cl. The molecule has 0 saturated heterocycles. The minimum absolute atomic E-state index is 0.144. The molecule has 0 radical (unpaired) electrons. The van der Waals surface area contributed by atoms with Gasteiger partial charge < -0.3 is 15.4 Å². The van der Waals surface area contributed by atoms with E-state index in [4.69, 9.17) is 11.6 Å². The number of nitrogens with zero attached hydrogens (tertiary/aromatic N) is 2. The highest BCUT2D eigenvalue weighted by atomic mass is 35.5. The average Bonchev–Trinajstić information content (AvgIpc) is 3.22. The number of nitrogens with one attached hydrogen (secondary N) is 2. The normalized spacial score (nSPS) is 12.3. The second-order valence-corrected chi connectivity index (χ2v) is 9.17. The van der Waals surface area contributed by atoms with E-state index in [0.29, 0.717) is 38.6 Å². The Bertz CT molecular complexity index is 1440. The molecule has 0 spiro atoms. The van der Waals surface area contributed by atoms with E-state index in [1.807, 2.05) is 26.8 Å². The number of H-pyrrole nitrogens is 1. The van der Waals surface area contributed by atoms with Gasteiger partial charge in [0.05, 0.1) is 11.6 Å². The fourth-order valence-corrected chi connectivity index (χ4v) is 4.30. The van der Waals surface area contributed by atoms with Crippen LogP contribution in [0.2, 0.25) is 5.02 Å². The van der Waals surface area contributed by atoms with Gasteiger partial charge in [-0.05, 0) is 60.7 Å². The van der Waals surface area contributed by atoms with Crippen molar-refractivity contribution < 1.29 is 14.3 Å². The Kier molecular flexibility index (Phi) is 7.05. The molecule has 2 heterocycles. The summed E-state index contributed by atoms with van der Waals surface area (Å²) in [5.74, 6) is -0.593. The highest BCUT2D eigenvalue weighted by Gasteiger charge is 2.25. The molecule has 2 aromatic carbocycles. The number of carbonyl (C=O) groups excluding carboxylic acids is 1. The maximum Gasteiger partial charge on any atom is 0.275 e. The lowest BCUT2D eigenvalue weighted by Crippen LogP contribution is -2.29. The molecule has 0 aliphatic carbocycles. The summed E-state index contributed by atoms with van der Waals surface area (Å²) in [6.45, 7) is 5.49. The van der Waals surface area contributed by atoms with Crippen LogP contribution in [0.4, 0.5) is 4.39 Å². The summed E-state index contributed by atoms with van der Waals surface area (Å²) in [7, 11) is 0. The molecule has 1 amide bonds. The third-order valence-electron chi connectivity index (χ3n) is 5.93. The van der Waals surface area contributed by atoms with Gasteiger partial charge in [0.15, 0.2) is 5.82 Å². The number of aliphatic hydroxyl groups is 1. The van der Waals surface area contributed by atoms with Crippen molar-refractivity contribution >= 4 is 23.0 Å². The van der Waals surface area contributed by atoms with Crippen LogP contribution in [0.15, 0.2) is 53.5 Å². The van der Waals surface area contributed by atoms with Crippen LogP contribution in [0.25, 0.3) is 16.9 Å². The standard InChI is InChI=1S/C26H26ClFN4O3/c1-14(2)22-19(25(34)29-21(10-11-33)16-4-7-18(28)8-5-16)13-32-23(22)26(35)30-24(31-32)17-6-9-20(27)15(3)12-17/h4-9,12-14,21,33H,10-11H2,1-3H3,(H,29,34)(H,30,31,35)/t21-/m1/s1. The molecule has 4 rings (SSSR count). The van der Waals surface area contributed by atoms with Gasteiger partial charge in [0.1, 0.15) is 11.3 Å². The number of aromatic nitrogens is 3. The molecule has 0 fully saturated rings.